The summed E-state index contributed by atoms with van der Waals surface area (Å²) in [5.74, 6) is 0.592. The molecule has 0 aromatic heterocycles. The summed E-state index contributed by atoms with van der Waals surface area (Å²) in [7, 11) is 0. The summed E-state index contributed by atoms with van der Waals surface area (Å²) in [6.07, 6.45) is 5.27. The molecule has 2 N–H and O–H groups in total. The normalized spacial score (nSPS) is 28.6. The van der Waals surface area contributed by atoms with E-state index in [-0.39, 0.29) is 0 Å². The van der Waals surface area contributed by atoms with Crippen molar-refractivity contribution in [2.24, 2.45) is 11.7 Å². The zero-order valence-electron chi connectivity index (χ0n) is 11.6. The smallest absolute Gasteiger partial charge is 0.0408 e. The minimum Gasteiger partial charge on any atom is -0.330 e. The van der Waals surface area contributed by atoms with Crippen LogP contribution in [0.3, 0.4) is 0 Å². The quantitative estimate of drug-likeness (QED) is 0.917. The molecule has 1 heterocycles. The van der Waals surface area contributed by atoms with E-state index in [1.54, 1.807) is 0 Å². The van der Waals surface area contributed by atoms with E-state index in [1.807, 2.05) is 6.07 Å². The predicted octanol–water partition coefficient (Wildman–Crippen LogP) is 3.52. The van der Waals surface area contributed by atoms with Crippen molar-refractivity contribution in [3.63, 3.8) is 0 Å². The Morgan fingerprint density at radius 2 is 2.11 bits per heavy atom. The first-order chi connectivity index (χ1) is 9.20. The second kappa shape index (κ2) is 5.43. The SMILES string of the molecule is Cc1cc(Cl)ccc1C1C(CN)CCCN1C1CC1. The Bertz CT molecular complexity index is 456. The van der Waals surface area contributed by atoms with Crippen LogP contribution in [0.5, 0.6) is 0 Å². The molecule has 0 amide bonds. The van der Waals surface area contributed by atoms with Crippen LogP contribution in [0.15, 0.2) is 18.2 Å². The Hall–Kier alpha value is -0.570. The van der Waals surface area contributed by atoms with E-state index in [0.29, 0.717) is 12.0 Å². The van der Waals surface area contributed by atoms with E-state index in [0.717, 1.165) is 17.6 Å². The van der Waals surface area contributed by atoms with Crippen molar-refractivity contribution in [2.75, 3.05) is 13.1 Å². The highest BCUT2D eigenvalue weighted by Crippen LogP contribution is 2.43. The maximum Gasteiger partial charge on any atom is 0.0408 e. The molecule has 0 spiro atoms. The van der Waals surface area contributed by atoms with E-state index in [1.165, 1.54) is 43.4 Å². The molecule has 0 radical (unpaired) electrons. The Kier molecular flexibility index (Phi) is 3.84. The largest absolute Gasteiger partial charge is 0.330 e. The number of piperidine rings is 1. The van der Waals surface area contributed by atoms with Crippen LogP contribution in [0.25, 0.3) is 0 Å². The van der Waals surface area contributed by atoms with Crippen molar-refractivity contribution in [1.82, 2.24) is 4.90 Å². The summed E-state index contributed by atoms with van der Waals surface area (Å²) in [6, 6.07) is 7.63. The number of hydrogen-bond acceptors (Lipinski definition) is 2. The standard InChI is InChI=1S/C16H23ClN2/c1-11-9-13(17)4-7-15(11)16-12(10-18)3-2-8-19(16)14-5-6-14/h4,7,9,12,14,16H,2-3,5-6,8,10,18H2,1H3. The molecule has 1 aliphatic carbocycles. The van der Waals surface area contributed by atoms with Gasteiger partial charge < -0.3 is 5.73 Å². The number of halogens is 1. The highest BCUT2D eigenvalue weighted by molar-refractivity contribution is 6.30. The molecule has 19 heavy (non-hydrogen) atoms. The van der Waals surface area contributed by atoms with Crippen LogP contribution in [0, 0.1) is 12.8 Å². The first-order valence-electron chi connectivity index (χ1n) is 7.42. The lowest BCUT2D eigenvalue weighted by Crippen LogP contribution is -2.43. The molecule has 1 saturated carbocycles. The second-order valence-corrected chi connectivity index (χ2v) is 6.49. The highest BCUT2D eigenvalue weighted by atomic mass is 35.5. The lowest BCUT2D eigenvalue weighted by atomic mass is 9.83. The number of likely N-dealkylation sites (tertiary alicyclic amines) is 1. The Morgan fingerprint density at radius 1 is 1.32 bits per heavy atom. The average Bonchev–Trinajstić information content (AvgIpc) is 3.22. The molecule has 104 valence electrons. The van der Waals surface area contributed by atoms with Crippen LogP contribution in [-0.2, 0) is 0 Å². The Morgan fingerprint density at radius 3 is 2.74 bits per heavy atom. The van der Waals surface area contributed by atoms with Gasteiger partial charge in [-0.3, -0.25) is 4.90 Å². The van der Waals surface area contributed by atoms with Crippen molar-refractivity contribution in [2.45, 2.75) is 44.7 Å². The van der Waals surface area contributed by atoms with E-state index >= 15 is 0 Å². The third-order valence-corrected chi connectivity index (χ3v) is 4.90. The molecule has 2 unspecified atom stereocenters. The lowest BCUT2D eigenvalue weighted by Gasteiger charge is -2.42. The number of aryl methyl sites for hydroxylation is 1. The summed E-state index contributed by atoms with van der Waals surface area (Å²) in [5, 5.41) is 0.833. The van der Waals surface area contributed by atoms with Gasteiger partial charge in [0.15, 0.2) is 0 Å². The summed E-state index contributed by atoms with van der Waals surface area (Å²) in [5.41, 5.74) is 8.79. The zero-order valence-corrected chi connectivity index (χ0v) is 12.4. The summed E-state index contributed by atoms with van der Waals surface area (Å²) in [6.45, 7) is 4.19. The topological polar surface area (TPSA) is 29.3 Å². The zero-order chi connectivity index (χ0) is 13.4. The summed E-state index contributed by atoms with van der Waals surface area (Å²) < 4.78 is 0. The average molecular weight is 279 g/mol. The van der Waals surface area contributed by atoms with Crippen LogP contribution in [0.1, 0.15) is 42.9 Å². The number of hydrogen-bond donors (Lipinski definition) is 1. The van der Waals surface area contributed by atoms with Gasteiger partial charge in [-0.2, -0.15) is 0 Å². The maximum absolute atomic E-state index is 6.10. The van der Waals surface area contributed by atoms with Gasteiger partial charge in [0.1, 0.15) is 0 Å². The molecule has 2 aliphatic rings. The molecule has 1 saturated heterocycles. The van der Waals surface area contributed by atoms with Gasteiger partial charge in [0.2, 0.25) is 0 Å². The van der Waals surface area contributed by atoms with Gasteiger partial charge in [-0.25, -0.2) is 0 Å². The molecule has 3 rings (SSSR count). The molecular formula is C16H23ClN2. The molecule has 1 aliphatic heterocycles. The van der Waals surface area contributed by atoms with Gasteiger partial charge in [-0.1, -0.05) is 17.7 Å². The highest BCUT2D eigenvalue weighted by Gasteiger charge is 2.40. The third-order valence-electron chi connectivity index (χ3n) is 4.66. The van der Waals surface area contributed by atoms with Crippen molar-refractivity contribution < 1.29 is 0 Å². The van der Waals surface area contributed by atoms with Crippen molar-refractivity contribution in [3.05, 3.63) is 34.3 Å². The predicted molar refractivity (Wildman–Crippen MR) is 80.4 cm³/mol. The Labute approximate surface area is 120 Å². The molecule has 2 nitrogen and oxygen atoms in total. The van der Waals surface area contributed by atoms with E-state index in [9.17, 15) is 0 Å². The number of nitrogens with two attached hydrogens (primary N) is 1. The fourth-order valence-electron chi connectivity index (χ4n) is 3.57. The van der Waals surface area contributed by atoms with Crippen LogP contribution < -0.4 is 5.73 Å². The fourth-order valence-corrected chi connectivity index (χ4v) is 3.80. The number of benzene rings is 1. The minimum atomic E-state index is 0.503. The van der Waals surface area contributed by atoms with E-state index in [2.05, 4.69) is 24.0 Å². The van der Waals surface area contributed by atoms with Crippen molar-refractivity contribution in [3.8, 4) is 0 Å². The van der Waals surface area contributed by atoms with Crippen molar-refractivity contribution in [1.29, 1.82) is 0 Å². The summed E-state index contributed by atoms with van der Waals surface area (Å²) >= 11 is 6.10. The third kappa shape index (κ3) is 2.67. The Balaban J connectivity index is 1.95. The first-order valence-corrected chi connectivity index (χ1v) is 7.80. The van der Waals surface area contributed by atoms with Gasteiger partial charge in [0, 0.05) is 17.1 Å². The molecule has 1 aromatic rings. The molecule has 2 atom stereocenters. The molecular weight excluding hydrogens is 256 g/mol. The monoisotopic (exact) mass is 278 g/mol. The van der Waals surface area contributed by atoms with Crippen LogP contribution in [0.4, 0.5) is 0 Å². The van der Waals surface area contributed by atoms with Crippen molar-refractivity contribution >= 4 is 11.6 Å². The van der Waals surface area contributed by atoms with Crippen LogP contribution in [-0.4, -0.2) is 24.0 Å². The fraction of sp³-hybridized carbons (Fsp3) is 0.625. The molecule has 1 aromatic carbocycles. The van der Waals surface area contributed by atoms with Gasteiger partial charge >= 0.3 is 0 Å². The maximum atomic E-state index is 6.10. The molecule has 2 fully saturated rings. The van der Waals surface area contributed by atoms with E-state index in [4.69, 9.17) is 17.3 Å². The lowest BCUT2D eigenvalue weighted by molar-refractivity contribution is 0.0875. The molecule has 3 heteroatoms. The number of nitrogens with zero attached hydrogens (tertiary/aromatic N) is 1. The van der Waals surface area contributed by atoms with Gasteiger partial charge in [0.05, 0.1) is 0 Å². The van der Waals surface area contributed by atoms with Crippen LogP contribution >= 0.6 is 11.6 Å². The second-order valence-electron chi connectivity index (χ2n) is 6.05. The van der Waals surface area contributed by atoms with E-state index < -0.39 is 0 Å². The van der Waals surface area contributed by atoms with Gasteiger partial charge in [-0.05, 0) is 74.9 Å². The molecule has 0 bridgehead atoms. The summed E-state index contributed by atoms with van der Waals surface area (Å²) in [4.78, 5) is 2.71. The minimum absolute atomic E-state index is 0.503. The van der Waals surface area contributed by atoms with Gasteiger partial charge in [-0.15, -0.1) is 0 Å². The van der Waals surface area contributed by atoms with Gasteiger partial charge in [0.25, 0.3) is 0 Å². The number of rotatable bonds is 3. The van der Waals surface area contributed by atoms with Crippen LogP contribution in [0.2, 0.25) is 5.02 Å². The first kappa shape index (κ1) is 13.4.